The zero-order valence-corrected chi connectivity index (χ0v) is 12.8. The summed E-state index contributed by atoms with van der Waals surface area (Å²) in [6.45, 7) is 2.79. The minimum atomic E-state index is -0.398. The monoisotopic (exact) mass is 295 g/mol. The fourth-order valence-electron chi connectivity index (χ4n) is 2.89. The van der Waals surface area contributed by atoms with Crippen LogP contribution in [-0.4, -0.2) is 18.6 Å². The normalized spacial score (nSPS) is 17.4. The summed E-state index contributed by atoms with van der Waals surface area (Å²) in [6.07, 6.45) is 1.26. The first-order chi connectivity index (χ1) is 10.8. The summed E-state index contributed by atoms with van der Waals surface area (Å²) in [5.41, 5.74) is 2.37. The van der Waals surface area contributed by atoms with E-state index in [4.69, 9.17) is 4.74 Å². The first-order valence-corrected chi connectivity index (χ1v) is 7.85. The largest absolute Gasteiger partial charge is 0.480 e. The van der Waals surface area contributed by atoms with Crippen molar-refractivity contribution in [3.05, 3.63) is 65.7 Å². The Morgan fingerprint density at radius 2 is 1.91 bits per heavy atom. The molecule has 3 rings (SSSR count). The molecule has 2 unspecified atom stereocenters. The Bertz CT molecular complexity index is 614. The summed E-state index contributed by atoms with van der Waals surface area (Å²) >= 11 is 0. The number of amides is 1. The van der Waals surface area contributed by atoms with Crippen LogP contribution in [0, 0.1) is 0 Å². The minimum Gasteiger partial charge on any atom is -0.480 e. The van der Waals surface area contributed by atoms with E-state index in [2.05, 4.69) is 24.4 Å². The molecule has 1 aliphatic rings. The Labute approximate surface area is 131 Å². The fourth-order valence-corrected chi connectivity index (χ4v) is 2.89. The van der Waals surface area contributed by atoms with Crippen LogP contribution >= 0.6 is 0 Å². The molecule has 2 atom stereocenters. The van der Waals surface area contributed by atoms with Crippen molar-refractivity contribution < 1.29 is 9.53 Å². The van der Waals surface area contributed by atoms with Crippen LogP contribution in [-0.2, 0) is 11.2 Å². The molecule has 0 aromatic heterocycles. The average Bonchev–Trinajstić information content (AvgIpc) is 3.00. The quantitative estimate of drug-likeness (QED) is 0.919. The van der Waals surface area contributed by atoms with Gasteiger partial charge in [0.1, 0.15) is 5.75 Å². The summed E-state index contributed by atoms with van der Waals surface area (Å²) < 4.78 is 5.73. The number of benzene rings is 2. The standard InChI is InChI=1S/C19H21NO2/c1-2-14(15-8-4-3-5-9-15)13-20-19(21)18-12-16-10-6-7-11-17(16)22-18/h3-11,14,18H,2,12-13H2,1H3,(H,20,21). The summed E-state index contributed by atoms with van der Waals surface area (Å²) in [4.78, 5) is 12.3. The maximum atomic E-state index is 12.3. The van der Waals surface area contributed by atoms with Gasteiger partial charge in [0.2, 0.25) is 0 Å². The molecule has 0 aliphatic carbocycles. The van der Waals surface area contributed by atoms with Gasteiger partial charge in [0.25, 0.3) is 5.91 Å². The van der Waals surface area contributed by atoms with Gasteiger partial charge in [0.15, 0.2) is 6.10 Å². The summed E-state index contributed by atoms with van der Waals surface area (Å²) in [7, 11) is 0. The van der Waals surface area contributed by atoms with Crippen molar-refractivity contribution in [3.8, 4) is 5.75 Å². The third-order valence-corrected chi connectivity index (χ3v) is 4.23. The number of carbonyl (C=O) groups excluding carboxylic acids is 1. The number of ether oxygens (including phenoxy) is 1. The third kappa shape index (κ3) is 3.14. The van der Waals surface area contributed by atoms with E-state index in [1.807, 2.05) is 42.5 Å². The maximum Gasteiger partial charge on any atom is 0.261 e. The first kappa shape index (κ1) is 14.6. The van der Waals surface area contributed by atoms with Gasteiger partial charge in [-0.2, -0.15) is 0 Å². The summed E-state index contributed by atoms with van der Waals surface area (Å²) in [5.74, 6) is 1.15. The Morgan fingerprint density at radius 1 is 1.18 bits per heavy atom. The highest BCUT2D eigenvalue weighted by Crippen LogP contribution is 2.28. The molecule has 2 aromatic rings. The molecule has 1 aliphatic heterocycles. The molecule has 0 saturated heterocycles. The molecule has 0 bridgehead atoms. The van der Waals surface area contributed by atoms with Crippen molar-refractivity contribution in [3.63, 3.8) is 0 Å². The SMILES string of the molecule is CCC(CNC(=O)C1Cc2ccccc2O1)c1ccccc1. The van der Waals surface area contributed by atoms with Crippen molar-refractivity contribution in [2.24, 2.45) is 0 Å². The lowest BCUT2D eigenvalue weighted by atomic mass is 9.96. The molecule has 0 saturated carbocycles. The van der Waals surface area contributed by atoms with Gasteiger partial charge in [-0.25, -0.2) is 0 Å². The Morgan fingerprint density at radius 3 is 2.64 bits per heavy atom. The molecule has 1 heterocycles. The lowest BCUT2D eigenvalue weighted by Crippen LogP contribution is -2.39. The van der Waals surface area contributed by atoms with Crippen molar-refractivity contribution in [2.75, 3.05) is 6.54 Å². The second kappa shape index (κ2) is 6.65. The van der Waals surface area contributed by atoms with Gasteiger partial charge >= 0.3 is 0 Å². The van der Waals surface area contributed by atoms with E-state index in [1.54, 1.807) is 0 Å². The van der Waals surface area contributed by atoms with Gasteiger partial charge in [0, 0.05) is 18.9 Å². The van der Waals surface area contributed by atoms with Crippen molar-refractivity contribution in [2.45, 2.75) is 31.8 Å². The molecule has 1 amide bonds. The van der Waals surface area contributed by atoms with Gasteiger partial charge in [0.05, 0.1) is 0 Å². The molecule has 3 nitrogen and oxygen atoms in total. The predicted octanol–water partition coefficient (Wildman–Crippen LogP) is 3.30. The highest BCUT2D eigenvalue weighted by Gasteiger charge is 2.28. The molecule has 3 heteroatoms. The fraction of sp³-hybridized carbons (Fsp3) is 0.316. The van der Waals surface area contributed by atoms with Crippen molar-refractivity contribution in [1.29, 1.82) is 0 Å². The number of hydrogen-bond donors (Lipinski definition) is 1. The van der Waals surface area contributed by atoms with Gasteiger partial charge < -0.3 is 10.1 Å². The maximum absolute atomic E-state index is 12.3. The highest BCUT2D eigenvalue weighted by molar-refractivity contribution is 5.82. The van der Waals surface area contributed by atoms with Crippen molar-refractivity contribution >= 4 is 5.91 Å². The van der Waals surface area contributed by atoms with Crippen LogP contribution in [0.15, 0.2) is 54.6 Å². The smallest absolute Gasteiger partial charge is 0.261 e. The van der Waals surface area contributed by atoms with E-state index in [1.165, 1.54) is 5.56 Å². The zero-order valence-electron chi connectivity index (χ0n) is 12.8. The molecule has 0 radical (unpaired) electrons. The molecule has 0 fully saturated rings. The van der Waals surface area contributed by atoms with E-state index >= 15 is 0 Å². The lowest BCUT2D eigenvalue weighted by molar-refractivity contribution is -0.127. The van der Waals surface area contributed by atoms with E-state index in [0.29, 0.717) is 18.9 Å². The molecule has 0 spiro atoms. The van der Waals surface area contributed by atoms with Gasteiger partial charge in [-0.05, 0) is 23.6 Å². The number of para-hydroxylation sites is 1. The minimum absolute atomic E-state index is 0.0226. The van der Waals surface area contributed by atoms with Crippen LogP contribution in [0.4, 0.5) is 0 Å². The van der Waals surface area contributed by atoms with E-state index < -0.39 is 6.10 Å². The number of carbonyl (C=O) groups is 1. The predicted molar refractivity (Wildman–Crippen MR) is 87.0 cm³/mol. The van der Waals surface area contributed by atoms with Crippen molar-refractivity contribution in [1.82, 2.24) is 5.32 Å². The van der Waals surface area contributed by atoms with Crippen LogP contribution in [0.5, 0.6) is 5.75 Å². The first-order valence-electron chi connectivity index (χ1n) is 7.85. The number of hydrogen-bond acceptors (Lipinski definition) is 2. The van der Waals surface area contributed by atoms with Gasteiger partial charge in [-0.15, -0.1) is 0 Å². The Balaban J connectivity index is 1.57. The second-order valence-corrected chi connectivity index (χ2v) is 5.68. The van der Waals surface area contributed by atoms with E-state index in [9.17, 15) is 4.79 Å². The molecular formula is C19H21NO2. The number of fused-ring (bicyclic) bond motifs is 1. The third-order valence-electron chi connectivity index (χ3n) is 4.23. The molecule has 1 N–H and O–H groups in total. The molecule has 114 valence electrons. The summed E-state index contributed by atoms with van der Waals surface area (Å²) in [5, 5.41) is 3.05. The van der Waals surface area contributed by atoms with Crippen LogP contribution in [0.25, 0.3) is 0 Å². The summed E-state index contributed by atoms with van der Waals surface area (Å²) in [6, 6.07) is 18.2. The number of nitrogens with one attached hydrogen (secondary N) is 1. The van der Waals surface area contributed by atoms with E-state index in [-0.39, 0.29) is 5.91 Å². The molecule has 2 aromatic carbocycles. The van der Waals surface area contributed by atoms with E-state index in [0.717, 1.165) is 17.7 Å². The van der Waals surface area contributed by atoms with Gasteiger partial charge in [-0.3, -0.25) is 4.79 Å². The van der Waals surface area contributed by atoms with Crippen LogP contribution in [0.1, 0.15) is 30.4 Å². The molecule has 22 heavy (non-hydrogen) atoms. The Kier molecular flexibility index (Phi) is 4.42. The lowest BCUT2D eigenvalue weighted by Gasteiger charge is -2.18. The average molecular weight is 295 g/mol. The zero-order chi connectivity index (χ0) is 15.4. The second-order valence-electron chi connectivity index (χ2n) is 5.68. The topological polar surface area (TPSA) is 38.3 Å². The van der Waals surface area contributed by atoms with Gasteiger partial charge in [-0.1, -0.05) is 55.5 Å². The van der Waals surface area contributed by atoms with Crippen LogP contribution in [0.2, 0.25) is 0 Å². The molecular weight excluding hydrogens is 274 g/mol. The number of rotatable bonds is 5. The highest BCUT2D eigenvalue weighted by atomic mass is 16.5. The van der Waals surface area contributed by atoms with Crippen LogP contribution < -0.4 is 10.1 Å². The van der Waals surface area contributed by atoms with Crippen LogP contribution in [0.3, 0.4) is 0 Å². The Hall–Kier alpha value is -2.29.